The van der Waals surface area contributed by atoms with Gasteiger partial charge in [-0.1, -0.05) is 109 Å². The Kier molecular flexibility index (Phi) is 5.47. The standard InChI is InChI=1S/C40H26N4/c1-3-15-33(16-4-1)43-37-26-38-36(25-35(37)41-39(43)31-21-19-27-11-7-9-13-29(27)23-31)42-40(44(38)34-17-5-2-6-18-34)32-22-20-28-12-8-10-14-30(28)24-32/h1-26H. The maximum Gasteiger partial charge on any atom is 0.145 e. The predicted molar refractivity (Wildman–Crippen MR) is 182 cm³/mol. The molecule has 0 amide bonds. The topological polar surface area (TPSA) is 35.6 Å². The first kappa shape index (κ1) is 24.6. The monoisotopic (exact) mass is 562 g/mol. The summed E-state index contributed by atoms with van der Waals surface area (Å²) in [6.45, 7) is 0. The predicted octanol–water partition coefficient (Wildman–Crippen LogP) is 10.0. The third kappa shape index (κ3) is 3.92. The zero-order chi connectivity index (χ0) is 29.0. The number of benzene rings is 7. The number of para-hydroxylation sites is 2. The number of rotatable bonds is 4. The van der Waals surface area contributed by atoms with Gasteiger partial charge in [-0.2, -0.15) is 0 Å². The van der Waals surface area contributed by atoms with E-state index < -0.39 is 0 Å². The lowest BCUT2D eigenvalue weighted by atomic mass is 10.1. The second-order valence-corrected chi connectivity index (χ2v) is 11.2. The van der Waals surface area contributed by atoms with Crippen LogP contribution in [0.2, 0.25) is 0 Å². The summed E-state index contributed by atoms with van der Waals surface area (Å²) in [5.74, 6) is 1.82. The van der Waals surface area contributed by atoms with Crippen molar-refractivity contribution in [3.05, 3.63) is 158 Å². The fourth-order valence-electron chi connectivity index (χ4n) is 6.37. The highest BCUT2D eigenvalue weighted by Crippen LogP contribution is 2.36. The average molecular weight is 563 g/mol. The molecule has 2 aromatic heterocycles. The molecule has 0 aliphatic rings. The van der Waals surface area contributed by atoms with Gasteiger partial charge in [0.1, 0.15) is 11.6 Å². The molecular formula is C40H26N4. The van der Waals surface area contributed by atoms with Crippen LogP contribution in [0.3, 0.4) is 0 Å². The van der Waals surface area contributed by atoms with Crippen molar-refractivity contribution in [1.29, 1.82) is 0 Å². The van der Waals surface area contributed by atoms with Gasteiger partial charge in [0.25, 0.3) is 0 Å². The molecule has 4 heteroatoms. The summed E-state index contributed by atoms with van der Waals surface area (Å²) >= 11 is 0. The highest BCUT2D eigenvalue weighted by molar-refractivity contribution is 5.98. The van der Waals surface area contributed by atoms with Crippen LogP contribution in [0.1, 0.15) is 0 Å². The minimum atomic E-state index is 0.908. The summed E-state index contributed by atoms with van der Waals surface area (Å²) in [5.41, 5.74) is 8.17. The second-order valence-electron chi connectivity index (χ2n) is 11.2. The Bertz CT molecular complexity index is 2320. The largest absolute Gasteiger partial charge is 0.292 e. The van der Waals surface area contributed by atoms with Crippen molar-refractivity contribution in [2.75, 3.05) is 0 Å². The molecule has 0 N–H and O–H groups in total. The van der Waals surface area contributed by atoms with E-state index in [1.807, 2.05) is 0 Å². The highest BCUT2D eigenvalue weighted by Gasteiger charge is 2.20. The minimum absolute atomic E-state index is 0.908. The lowest BCUT2D eigenvalue weighted by molar-refractivity contribution is 1.09. The summed E-state index contributed by atoms with van der Waals surface area (Å²) in [7, 11) is 0. The van der Waals surface area contributed by atoms with Crippen molar-refractivity contribution in [2.45, 2.75) is 0 Å². The van der Waals surface area contributed by atoms with E-state index in [0.29, 0.717) is 0 Å². The third-order valence-electron chi connectivity index (χ3n) is 8.47. The lowest BCUT2D eigenvalue weighted by Crippen LogP contribution is -1.99. The second kappa shape index (κ2) is 9.79. The van der Waals surface area contributed by atoms with E-state index in [1.54, 1.807) is 0 Å². The Labute approximate surface area is 254 Å². The van der Waals surface area contributed by atoms with Crippen LogP contribution >= 0.6 is 0 Å². The molecule has 0 aliphatic carbocycles. The van der Waals surface area contributed by atoms with Crippen LogP contribution in [-0.2, 0) is 0 Å². The summed E-state index contributed by atoms with van der Waals surface area (Å²) in [4.78, 5) is 10.5. The van der Waals surface area contributed by atoms with Gasteiger partial charge in [0, 0.05) is 22.5 Å². The Morgan fingerprint density at radius 2 is 0.750 bits per heavy atom. The zero-order valence-corrected chi connectivity index (χ0v) is 23.8. The van der Waals surface area contributed by atoms with Gasteiger partial charge >= 0.3 is 0 Å². The molecule has 9 aromatic rings. The van der Waals surface area contributed by atoms with E-state index in [4.69, 9.17) is 9.97 Å². The van der Waals surface area contributed by atoms with Gasteiger partial charge < -0.3 is 0 Å². The summed E-state index contributed by atoms with van der Waals surface area (Å²) in [6, 6.07) is 55.5. The first-order chi connectivity index (χ1) is 21.8. The van der Waals surface area contributed by atoms with Gasteiger partial charge in [0.2, 0.25) is 0 Å². The normalized spacial score (nSPS) is 11.6. The van der Waals surface area contributed by atoms with E-state index >= 15 is 0 Å². The van der Waals surface area contributed by atoms with Crippen LogP contribution in [0, 0.1) is 0 Å². The van der Waals surface area contributed by atoms with Crippen LogP contribution in [0.15, 0.2) is 158 Å². The van der Waals surface area contributed by atoms with Crippen molar-refractivity contribution < 1.29 is 0 Å². The molecule has 206 valence electrons. The highest BCUT2D eigenvalue weighted by atomic mass is 15.1. The quantitative estimate of drug-likeness (QED) is 0.214. The fraction of sp³-hybridized carbons (Fsp3) is 0. The average Bonchev–Trinajstić information content (AvgIpc) is 3.65. The summed E-state index contributed by atoms with van der Waals surface area (Å²) < 4.78 is 4.55. The molecule has 0 radical (unpaired) electrons. The van der Waals surface area contributed by atoms with Crippen molar-refractivity contribution in [3.8, 4) is 34.2 Å². The first-order valence-corrected chi connectivity index (χ1v) is 14.8. The zero-order valence-electron chi connectivity index (χ0n) is 23.8. The molecule has 0 unspecified atom stereocenters. The molecule has 0 atom stereocenters. The van der Waals surface area contributed by atoms with Crippen LogP contribution in [-0.4, -0.2) is 19.1 Å². The molecule has 0 saturated carbocycles. The maximum atomic E-state index is 5.26. The Balaban J connectivity index is 1.34. The lowest BCUT2D eigenvalue weighted by Gasteiger charge is -2.12. The van der Waals surface area contributed by atoms with Crippen molar-refractivity contribution in [3.63, 3.8) is 0 Å². The number of imidazole rings is 2. The van der Waals surface area contributed by atoms with Crippen LogP contribution in [0.25, 0.3) is 77.8 Å². The van der Waals surface area contributed by atoms with Crippen molar-refractivity contribution in [1.82, 2.24) is 19.1 Å². The molecule has 0 aliphatic heterocycles. The molecule has 9 rings (SSSR count). The fourth-order valence-corrected chi connectivity index (χ4v) is 6.37. The number of hydrogen-bond acceptors (Lipinski definition) is 2. The first-order valence-electron chi connectivity index (χ1n) is 14.8. The summed E-state index contributed by atoms with van der Waals surface area (Å²) in [5, 5.41) is 4.82. The van der Waals surface area contributed by atoms with Crippen LogP contribution in [0.4, 0.5) is 0 Å². The molecule has 0 saturated heterocycles. The number of aromatic nitrogens is 4. The van der Waals surface area contributed by atoms with E-state index in [0.717, 1.165) is 56.2 Å². The molecule has 2 heterocycles. The molecule has 0 bridgehead atoms. The number of hydrogen-bond donors (Lipinski definition) is 0. The number of nitrogens with zero attached hydrogens (tertiary/aromatic N) is 4. The number of fused-ring (bicyclic) bond motifs is 4. The van der Waals surface area contributed by atoms with Gasteiger partial charge in [0.05, 0.1) is 22.1 Å². The Morgan fingerprint density at radius 1 is 0.341 bits per heavy atom. The third-order valence-corrected chi connectivity index (χ3v) is 8.47. The van der Waals surface area contributed by atoms with Gasteiger partial charge in [-0.3, -0.25) is 9.13 Å². The van der Waals surface area contributed by atoms with E-state index in [-0.39, 0.29) is 0 Å². The van der Waals surface area contributed by atoms with E-state index in [2.05, 4.69) is 167 Å². The van der Waals surface area contributed by atoms with Gasteiger partial charge in [-0.15, -0.1) is 0 Å². The Morgan fingerprint density at radius 3 is 1.20 bits per heavy atom. The van der Waals surface area contributed by atoms with E-state index in [1.165, 1.54) is 21.5 Å². The molecule has 0 spiro atoms. The van der Waals surface area contributed by atoms with Gasteiger partial charge in [-0.05, 0) is 70.1 Å². The smallest absolute Gasteiger partial charge is 0.145 e. The van der Waals surface area contributed by atoms with Gasteiger partial charge in [-0.25, -0.2) is 9.97 Å². The van der Waals surface area contributed by atoms with E-state index in [9.17, 15) is 0 Å². The maximum absolute atomic E-state index is 5.26. The molecule has 44 heavy (non-hydrogen) atoms. The molecule has 4 nitrogen and oxygen atoms in total. The Hall–Kier alpha value is -6.00. The van der Waals surface area contributed by atoms with Crippen LogP contribution < -0.4 is 0 Å². The van der Waals surface area contributed by atoms with Crippen molar-refractivity contribution >= 4 is 43.6 Å². The van der Waals surface area contributed by atoms with Gasteiger partial charge in [0.15, 0.2) is 0 Å². The van der Waals surface area contributed by atoms with Crippen molar-refractivity contribution in [2.24, 2.45) is 0 Å². The SMILES string of the molecule is c1ccc(-n2c(-c3ccc4ccccc4c3)nc3cc4nc(-c5ccc6ccccc6c5)n(-c5ccccc5)c4cc32)cc1. The van der Waals surface area contributed by atoms with Crippen LogP contribution in [0.5, 0.6) is 0 Å². The minimum Gasteiger partial charge on any atom is -0.292 e. The molecule has 7 aromatic carbocycles. The molecular weight excluding hydrogens is 536 g/mol. The summed E-state index contributed by atoms with van der Waals surface area (Å²) in [6.07, 6.45) is 0. The molecule has 0 fully saturated rings.